The van der Waals surface area contributed by atoms with Gasteiger partial charge in [0.15, 0.2) is 0 Å². The second-order valence-electron chi connectivity index (χ2n) is 9.52. The maximum Gasteiger partial charge on any atom is 0.246 e. The van der Waals surface area contributed by atoms with Crippen molar-refractivity contribution in [2.24, 2.45) is 0 Å². The highest BCUT2D eigenvalue weighted by Crippen LogP contribution is 2.54. The van der Waals surface area contributed by atoms with Crippen molar-refractivity contribution < 1.29 is 18.7 Å². The highest BCUT2D eigenvalue weighted by molar-refractivity contribution is 5.91. The van der Waals surface area contributed by atoms with E-state index >= 15 is 0 Å². The molecule has 2 fully saturated rings. The summed E-state index contributed by atoms with van der Waals surface area (Å²) in [5.74, 6) is 0.848. The number of hydrogen-bond donors (Lipinski definition) is 0. The van der Waals surface area contributed by atoms with E-state index in [1.54, 1.807) is 31.8 Å². The first kappa shape index (κ1) is 24.3. The van der Waals surface area contributed by atoms with Crippen LogP contribution in [-0.2, 0) is 14.9 Å². The molecule has 0 N–H and O–H groups in total. The molecular formula is C28H36N2O4. The molecule has 2 heterocycles. The molecule has 0 radical (unpaired) electrons. The van der Waals surface area contributed by atoms with Gasteiger partial charge in [0.1, 0.15) is 5.75 Å². The molecule has 1 amide bonds. The summed E-state index contributed by atoms with van der Waals surface area (Å²) in [7, 11) is 5.46. The van der Waals surface area contributed by atoms with Crippen molar-refractivity contribution >= 4 is 12.0 Å². The van der Waals surface area contributed by atoms with E-state index in [0.29, 0.717) is 0 Å². The molecule has 1 aliphatic heterocycles. The fourth-order valence-electron chi connectivity index (χ4n) is 5.99. The standard InChI is InChI=1S/C28H36N2O4/c1-5-15-30-16-14-27(23-7-6-8-25(18-23)32-3)19-24(11-13-28(27,21-30)33-4)29(2)26(31)10-9-22-12-17-34-20-22/h5-10,12,17-18,20,24H,1,11,13-16,19,21H2,2-4H3/b10-9+/t24-,27+,28+/m1/s1. The lowest BCUT2D eigenvalue weighted by atomic mass is 9.55. The number of fused-ring (bicyclic) bond motifs is 1. The van der Waals surface area contributed by atoms with Crippen molar-refractivity contribution in [3.8, 4) is 5.75 Å². The predicted molar refractivity (Wildman–Crippen MR) is 134 cm³/mol. The molecule has 1 saturated carbocycles. The lowest BCUT2D eigenvalue weighted by Crippen LogP contribution is -2.68. The number of furan rings is 1. The summed E-state index contributed by atoms with van der Waals surface area (Å²) in [6, 6.07) is 10.3. The molecule has 0 spiro atoms. The zero-order valence-corrected chi connectivity index (χ0v) is 20.5. The smallest absolute Gasteiger partial charge is 0.246 e. The molecule has 182 valence electrons. The van der Waals surface area contributed by atoms with Gasteiger partial charge in [0.2, 0.25) is 5.91 Å². The lowest BCUT2D eigenvalue weighted by molar-refractivity contribution is -0.157. The first-order valence-electron chi connectivity index (χ1n) is 12.0. The molecule has 4 rings (SSSR count). The van der Waals surface area contributed by atoms with Crippen molar-refractivity contribution in [2.75, 3.05) is 40.9 Å². The van der Waals surface area contributed by atoms with Gasteiger partial charge in [0.25, 0.3) is 0 Å². The Labute approximate surface area is 202 Å². The Hall–Kier alpha value is -2.83. The molecule has 1 aliphatic carbocycles. The van der Waals surface area contributed by atoms with E-state index in [2.05, 4.69) is 29.7 Å². The van der Waals surface area contributed by atoms with Gasteiger partial charge in [-0.2, -0.15) is 0 Å². The van der Waals surface area contributed by atoms with Crippen LogP contribution < -0.4 is 4.74 Å². The number of piperidine rings is 1. The highest BCUT2D eigenvalue weighted by Gasteiger charge is 2.59. The Balaban J connectivity index is 1.66. The van der Waals surface area contributed by atoms with Crippen LogP contribution in [0.2, 0.25) is 0 Å². The quantitative estimate of drug-likeness (QED) is 0.425. The minimum Gasteiger partial charge on any atom is -0.497 e. The van der Waals surface area contributed by atoms with Crippen molar-refractivity contribution in [1.29, 1.82) is 0 Å². The molecule has 6 heteroatoms. The Morgan fingerprint density at radius 2 is 2.18 bits per heavy atom. The molecule has 1 aromatic carbocycles. The van der Waals surface area contributed by atoms with Crippen LogP contribution in [0.25, 0.3) is 6.08 Å². The number of methoxy groups -OCH3 is 2. The second kappa shape index (κ2) is 10.2. The van der Waals surface area contributed by atoms with Crippen LogP contribution in [0.3, 0.4) is 0 Å². The predicted octanol–water partition coefficient (Wildman–Crippen LogP) is 4.53. The Morgan fingerprint density at radius 1 is 1.32 bits per heavy atom. The van der Waals surface area contributed by atoms with E-state index in [1.807, 2.05) is 37.3 Å². The molecule has 0 unspecified atom stereocenters. The molecular weight excluding hydrogens is 428 g/mol. The first-order valence-corrected chi connectivity index (χ1v) is 12.0. The number of likely N-dealkylation sites (tertiary alicyclic amines) is 1. The number of rotatable bonds is 8. The summed E-state index contributed by atoms with van der Waals surface area (Å²) in [4.78, 5) is 17.4. The van der Waals surface area contributed by atoms with E-state index in [1.165, 1.54) is 5.56 Å². The summed E-state index contributed by atoms with van der Waals surface area (Å²) >= 11 is 0. The van der Waals surface area contributed by atoms with Gasteiger partial charge in [0.05, 0.1) is 25.2 Å². The summed E-state index contributed by atoms with van der Waals surface area (Å²) in [5.41, 5.74) is 1.55. The van der Waals surface area contributed by atoms with Crippen LogP contribution in [0.1, 0.15) is 36.8 Å². The van der Waals surface area contributed by atoms with Gasteiger partial charge in [-0.15, -0.1) is 6.58 Å². The molecule has 3 atom stereocenters. The number of nitrogens with zero attached hydrogens (tertiary/aromatic N) is 2. The normalized spacial score (nSPS) is 27.3. The van der Waals surface area contributed by atoms with E-state index in [9.17, 15) is 4.79 Å². The van der Waals surface area contributed by atoms with Crippen LogP contribution in [0.5, 0.6) is 5.75 Å². The number of carbonyl (C=O) groups is 1. The van der Waals surface area contributed by atoms with E-state index in [-0.39, 0.29) is 23.0 Å². The molecule has 34 heavy (non-hydrogen) atoms. The number of likely N-dealkylation sites (N-methyl/N-ethyl adjacent to an activating group) is 1. The molecule has 0 bridgehead atoms. The number of benzene rings is 1. The van der Waals surface area contributed by atoms with E-state index in [0.717, 1.165) is 56.6 Å². The van der Waals surface area contributed by atoms with E-state index in [4.69, 9.17) is 13.9 Å². The average molecular weight is 465 g/mol. The number of amides is 1. The first-order chi connectivity index (χ1) is 16.5. The second-order valence-corrected chi connectivity index (χ2v) is 9.52. The maximum atomic E-state index is 13.1. The molecule has 2 aliphatic rings. The minimum absolute atomic E-state index is 0.000928. The Morgan fingerprint density at radius 3 is 2.88 bits per heavy atom. The lowest BCUT2D eigenvalue weighted by Gasteiger charge is -2.60. The molecule has 2 aromatic rings. The van der Waals surface area contributed by atoms with Crippen molar-refractivity contribution in [2.45, 2.75) is 42.7 Å². The van der Waals surface area contributed by atoms with Crippen molar-refractivity contribution in [1.82, 2.24) is 9.80 Å². The largest absolute Gasteiger partial charge is 0.497 e. The summed E-state index contributed by atoms with van der Waals surface area (Å²) in [6.45, 7) is 6.59. The fourth-order valence-corrected chi connectivity index (χ4v) is 5.99. The van der Waals surface area contributed by atoms with Crippen LogP contribution in [0.15, 0.2) is 66.0 Å². The monoisotopic (exact) mass is 464 g/mol. The fraction of sp³-hybridized carbons (Fsp3) is 0.464. The van der Waals surface area contributed by atoms with Gasteiger partial charge in [-0.3, -0.25) is 9.69 Å². The summed E-state index contributed by atoms with van der Waals surface area (Å²) in [6.07, 6.45) is 12.2. The van der Waals surface area contributed by atoms with Gasteiger partial charge in [0, 0.05) is 50.3 Å². The number of ether oxygens (including phenoxy) is 2. The molecule has 1 aromatic heterocycles. The van der Waals surface area contributed by atoms with Crippen molar-refractivity contribution in [3.05, 3.63) is 72.7 Å². The molecule has 6 nitrogen and oxygen atoms in total. The third kappa shape index (κ3) is 4.44. The number of carbonyl (C=O) groups excluding carboxylic acids is 1. The third-order valence-electron chi connectivity index (χ3n) is 7.93. The van der Waals surface area contributed by atoms with E-state index < -0.39 is 0 Å². The maximum absolute atomic E-state index is 13.1. The van der Waals surface area contributed by atoms with Gasteiger partial charge in [-0.05, 0) is 62.1 Å². The SMILES string of the molecule is C=CCN1CC[C@@]2(c3cccc(OC)c3)C[C@H](N(C)C(=O)/C=C/c3ccoc3)CC[C@]2(OC)C1. The molecule has 1 saturated heterocycles. The minimum atomic E-state index is -0.340. The van der Waals surface area contributed by atoms with Gasteiger partial charge in [-0.1, -0.05) is 18.2 Å². The Kier molecular flexibility index (Phi) is 7.29. The van der Waals surface area contributed by atoms with Crippen molar-refractivity contribution in [3.63, 3.8) is 0 Å². The van der Waals surface area contributed by atoms with Crippen LogP contribution in [-0.4, -0.2) is 68.3 Å². The van der Waals surface area contributed by atoms with Gasteiger partial charge < -0.3 is 18.8 Å². The van der Waals surface area contributed by atoms with Gasteiger partial charge in [-0.25, -0.2) is 0 Å². The average Bonchev–Trinajstić information content (AvgIpc) is 3.40. The highest BCUT2D eigenvalue weighted by atomic mass is 16.5. The van der Waals surface area contributed by atoms with Gasteiger partial charge >= 0.3 is 0 Å². The van der Waals surface area contributed by atoms with Crippen LogP contribution >= 0.6 is 0 Å². The Bertz CT molecular complexity index is 1020. The summed E-state index contributed by atoms with van der Waals surface area (Å²) in [5, 5.41) is 0. The zero-order chi connectivity index (χ0) is 24.2. The van der Waals surface area contributed by atoms with Crippen LogP contribution in [0.4, 0.5) is 0 Å². The zero-order valence-electron chi connectivity index (χ0n) is 20.5. The van der Waals surface area contributed by atoms with Crippen LogP contribution in [0, 0.1) is 0 Å². The third-order valence-corrected chi connectivity index (χ3v) is 7.93. The topological polar surface area (TPSA) is 55.2 Å². The summed E-state index contributed by atoms with van der Waals surface area (Å²) < 4.78 is 17.1. The number of hydrogen-bond acceptors (Lipinski definition) is 5.